The quantitative estimate of drug-likeness (QED) is 0.271. The first kappa shape index (κ1) is 22.8. The summed E-state index contributed by atoms with van der Waals surface area (Å²) in [5, 5.41) is 1.42. The Kier molecular flexibility index (Phi) is 7.14. The van der Waals surface area contributed by atoms with Crippen LogP contribution in [0.2, 0.25) is 0 Å². The standard InChI is InChI=1S/C27H28F4O/c1-32-13-12-17-2-5-19(6-3-17)21-10-11-23-22(16-21)9-8-20(26(23)30)7-4-18-14-24(28)27(31)25(29)15-18/h8-11,14-17,19H,2-7,12-13H2,1H3. The van der Waals surface area contributed by atoms with Crippen molar-refractivity contribution >= 4 is 10.8 Å². The van der Waals surface area contributed by atoms with Gasteiger partial charge >= 0.3 is 0 Å². The van der Waals surface area contributed by atoms with E-state index in [1.807, 2.05) is 18.2 Å². The predicted molar refractivity (Wildman–Crippen MR) is 119 cm³/mol. The van der Waals surface area contributed by atoms with E-state index >= 15 is 4.39 Å². The summed E-state index contributed by atoms with van der Waals surface area (Å²) in [6.07, 6.45) is 6.30. The van der Waals surface area contributed by atoms with Crippen molar-refractivity contribution in [3.05, 3.63) is 82.4 Å². The molecule has 1 fully saturated rings. The van der Waals surface area contributed by atoms with E-state index in [0.29, 0.717) is 22.4 Å². The van der Waals surface area contributed by atoms with Gasteiger partial charge in [-0.1, -0.05) is 30.3 Å². The van der Waals surface area contributed by atoms with Crippen LogP contribution in [0.1, 0.15) is 54.7 Å². The Bertz CT molecular complexity index is 1060. The van der Waals surface area contributed by atoms with Gasteiger partial charge in [0.15, 0.2) is 17.5 Å². The molecule has 0 saturated heterocycles. The third-order valence-corrected chi connectivity index (χ3v) is 6.83. The van der Waals surface area contributed by atoms with E-state index in [4.69, 9.17) is 4.74 Å². The van der Waals surface area contributed by atoms with Crippen LogP contribution < -0.4 is 0 Å². The lowest BCUT2D eigenvalue weighted by Crippen LogP contribution is -2.14. The van der Waals surface area contributed by atoms with Crippen LogP contribution >= 0.6 is 0 Å². The normalized spacial score (nSPS) is 18.9. The molecule has 0 amide bonds. The van der Waals surface area contributed by atoms with Crippen LogP contribution in [-0.4, -0.2) is 13.7 Å². The molecule has 3 aromatic carbocycles. The van der Waals surface area contributed by atoms with Gasteiger partial charge in [0.05, 0.1) is 0 Å². The van der Waals surface area contributed by atoms with Gasteiger partial charge in [-0.2, -0.15) is 0 Å². The van der Waals surface area contributed by atoms with Gasteiger partial charge in [0, 0.05) is 19.1 Å². The molecule has 5 heteroatoms. The highest BCUT2D eigenvalue weighted by molar-refractivity contribution is 5.84. The molecule has 1 nitrogen and oxygen atoms in total. The molecular formula is C27H28F4O. The van der Waals surface area contributed by atoms with Gasteiger partial charge < -0.3 is 4.74 Å². The summed E-state index contributed by atoms with van der Waals surface area (Å²) < 4.78 is 60.3. The molecule has 0 aliphatic heterocycles. The first-order valence-electron chi connectivity index (χ1n) is 11.3. The first-order valence-corrected chi connectivity index (χ1v) is 11.3. The van der Waals surface area contributed by atoms with Crippen LogP contribution in [0, 0.1) is 29.2 Å². The molecule has 0 unspecified atom stereocenters. The summed E-state index contributed by atoms with van der Waals surface area (Å²) in [7, 11) is 1.74. The fraction of sp³-hybridized carbons (Fsp3) is 0.407. The number of halogens is 4. The van der Waals surface area contributed by atoms with E-state index in [-0.39, 0.29) is 18.7 Å². The van der Waals surface area contributed by atoms with E-state index in [1.165, 1.54) is 18.4 Å². The summed E-state index contributed by atoms with van der Waals surface area (Å²) in [6, 6.07) is 11.5. The zero-order valence-corrected chi connectivity index (χ0v) is 18.3. The van der Waals surface area contributed by atoms with Gasteiger partial charge in [0.1, 0.15) is 5.82 Å². The number of aryl methyl sites for hydroxylation is 2. The third kappa shape index (κ3) is 4.98. The molecule has 0 bridgehead atoms. The second kappa shape index (κ2) is 10.0. The van der Waals surface area contributed by atoms with Crippen LogP contribution in [-0.2, 0) is 17.6 Å². The topological polar surface area (TPSA) is 9.23 Å². The molecule has 4 rings (SSSR count). The summed E-state index contributed by atoms with van der Waals surface area (Å²) in [4.78, 5) is 0. The van der Waals surface area contributed by atoms with Gasteiger partial charge in [0.25, 0.3) is 0 Å². The lowest BCUT2D eigenvalue weighted by Gasteiger charge is -2.29. The number of rotatable bonds is 7. The molecule has 0 N–H and O–H groups in total. The lowest BCUT2D eigenvalue weighted by atomic mass is 9.77. The van der Waals surface area contributed by atoms with E-state index < -0.39 is 17.5 Å². The molecule has 1 aliphatic rings. The highest BCUT2D eigenvalue weighted by Gasteiger charge is 2.22. The fourth-order valence-corrected chi connectivity index (χ4v) is 4.90. The van der Waals surface area contributed by atoms with Crippen molar-refractivity contribution in [1.82, 2.24) is 0 Å². The van der Waals surface area contributed by atoms with Crippen molar-refractivity contribution in [1.29, 1.82) is 0 Å². The van der Waals surface area contributed by atoms with E-state index in [0.717, 1.165) is 49.3 Å². The largest absolute Gasteiger partial charge is 0.385 e. The van der Waals surface area contributed by atoms with Crippen LogP contribution in [0.25, 0.3) is 10.8 Å². The maximum absolute atomic E-state index is 15.1. The van der Waals surface area contributed by atoms with Gasteiger partial charge in [-0.15, -0.1) is 0 Å². The third-order valence-electron chi connectivity index (χ3n) is 6.83. The van der Waals surface area contributed by atoms with Crippen LogP contribution in [0.5, 0.6) is 0 Å². The molecule has 3 aromatic rings. The lowest BCUT2D eigenvalue weighted by molar-refractivity contribution is 0.163. The zero-order valence-electron chi connectivity index (χ0n) is 18.3. The van der Waals surface area contributed by atoms with Crippen LogP contribution in [0.4, 0.5) is 17.6 Å². The number of ether oxygens (including phenoxy) is 1. The molecule has 0 heterocycles. The van der Waals surface area contributed by atoms with Crippen molar-refractivity contribution in [2.45, 2.75) is 50.9 Å². The average Bonchev–Trinajstić information content (AvgIpc) is 2.81. The molecule has 1 saturated carbocycles. The van der Waals surface area contributed by atoms with E-state index in [9.17, 15) is 13.2 Å². The second-order valence-corrected chi connectivity index (χ2v) is 8.89. The van der Waals surface area contributed by atoms with Crippen molar-refractivity contribution in [2.24, 2.45) is 5.92 Å². The number of hydrogen-bond acceptors (Lipinski definition) is 1. The van der Waals surface area contributed by atoms with Gasteiger partial charge in [-0.05, 0) is 91.0 Å². The van der Waals surface area contributed by atoms with Crippen molar-refractivity contribution in [3.8, 4) is 0 Å². The Morgan fingerprint density at radius 2 is 1.53 bits per heavy atom. The SMILES string of the molecule is COCCC1CCC(c2ccc3c(F)c(CCc4cc(F)c(F)c(F)c4)ccc3c2)CC1. The first-order chi connectivity index (χ1) is 15.5. The van der Waals surface area contributed by atoms with Gasteiger partial charge in [-0.25, -0.2) is 17.6 Å². The Balaban J connectivity index is 1.46. The van der Waals surface area contributed by atoms with Crippen molar-refractivity contribution < 1.29 is 22.3 Å². The summed E-state index contributed by atoms with van der Waals surface area (Å²) in [5.41, 5.74) is 2.04. The average molecular weight is 445 g/mol. The maximum atomic E-state index is 15.1. The highest BCUT2D eigenvalue weighted by Crippen LogP contribution is 2.38. The van der Waals surface area contributed by atoms with Crippen LogP contribution in [0.15, 0.2) is 42.5 Å². The Labute approximate surface area is 186 Å². The molecule has 32 heavy (non-hydrogen) atoms. The van der Waals surface area contributed by atoms with Gasteiger partial charge in [-0.3, -0.25) is 0 Å². The number of benzene rings is 3. The van der Waals surface area contributed by atoms with Gasteiger partial charge in [0.2, 0.25) is 0 Å². The molecule has 0 aromatic heterocycles. The van der Waals surface area contributed by atoms with Crippen molar-refractivity contribution in [2.75, 3.05) is 13.7 Å². The minimum absolute atomic E-state index is 0.223. The maximum Gasteiger partial charge on any atom is 0.194 e. The number of methoxy groups -OCH3 is 1. The van der Waals surface area contributed by atoms with Crippen LogP contribution in [0.3, 0.4) is 0 Å². The summed E-state index contributed by atoms with van der Waals surface area (Å²) >= 11 is 0. The van der Waals surface area contributed by atoms with Crippen molar-refractivity contribution in [3.63, 3.8) is 0 Å². The van der Waals surface area contributed by atoms with E-state index in [1.54, 1.807) is 13.2 Å². The molecule has 170 valence electrons. The Morgan fingerprint density at radius 3 is 2.22 bits per heavy atom. The summed E-state index contributed by atoms with van der Waals surface area (Å²) in [5.74, 6) is -3.00. The molecule has 0 spiro atoms. The highest BCUT2D eigenvalue weighted by atomic mass is 19.2. The monoisotopic (exact) mass is 444 g/mol. The molecule has 1 aliphatic carbocycles. The minimum Gasteiger partial charge on any atom is -0.385 e. The summed E-state index contributed by atoms with van der Waals surface area (Å²) in [6.45, 7) is 0.817. The molecule has 0 radical (unpaired) electrons. The Hall–Kier alpha value is -2.40. The second-order valence-electron chi connectivity index (χ2n) is 8.89. The Morgan fingerprint density at radius 1 is 0.812 bits per heavy atom. The smallest absolute Gasteiger partial charge is 0.194 e. The zero-order chi connectivity index (χ0) is 22.7. The fourth-order valence-electron chi connectivity index (χ4n) is 4.90. The molecular weight excluding hydrogens is 416 g/mol. The minimum atomic E-state index is -1.48. The number of fused-ring (bicyclic) bond motifs is 1. The number of hydrogen-bond donors (Lipinski definition) is 0. The molecule has 0 atom stereocenters. The van der Waals surface area contributed by atoms with E-state index in [2.05, 4.69) is 6.07 Å². The predicted octanol–water partition coefficient (Wildman–Crippen LogP) is 7.49.